The second kappa shape index (κ2) is 9.57. The van der Waals surface area contributed by atoms with Crippen LogP contribution in [0.25, 0.3) is 0 Å². The van der Waals surface area contributed by atoms with Crippen LogP contribution in [-0.4, -0.2) is 32.2 Å². The van der Waals surface area contributed by atoms with E-state index in [0.717, 1.165) is 32.1 Å². The van der Waals surface area contributed by atoms with E-state index in [1.165, 1.54) is 24.3 Å². The SMILES string of the molecule is CC#CCOc1ccc(S(=O)(=O)NC(C(=O)NO)C2CCCCC2)cc1. The number of benzene rings is 1. The number of ether oxygens (including phenoxy) is 1. The number of sulfonamides is 1. The van der Waals surface area contributed by atoms with Crippen LogP contribution in [0.4, 0.5) is 0 Å². The van der Waals surface area contributed by atoms with Gasteiger partial charge in [0.25, 0.3) is 5.91 Å². The van der Waals surface area contributed by atoms with Crippen molar-refractivity contribution in [3.8, 4) is 17.6 Å². The molecule has 0 heterocycles. The highest BCUT2D eigenvalue weighted by Gasteiger charge is 2.33. The van der Waals surface area contributed by atoms with Gasteiger partial charge < -0.3 is 4.74 Å². The van der Waals surface area contributed by atoms with E-state index in [1.54, 1.807) is 12.4 Å². The summed E-state index contributed by atoms with van der Waals surface area (Å²) in [5, 5.41) is 8.98. The van der Waals surface area contributed by atoms with Gasteiger partial charge in [0.1, 0.15) is 18.4 Å². The van der Waals surface area contributed by atoms with Crippen LogP contribution in [0.3, 0.4) is 0 Å². The number of amides is 1. The van der Waals surface area contributed by atoms with Crippen LogP contribution in [-0.2, 0) is 14.8 Å². The van der Waals surface area contributed by atoms with Crippen molar-refractivity contribution in [1.29, 1.82) is 0 Å². The molecular weight excluding hydrogens is 356 g/mol. The zero-order chi connectivity index (χ0) is 19.0. The number of carbonyl (C=O) groups is 1. The summed E-state index contributed by atoms with van der Waals surface area (Å²) in [6, 6.07) is 4.89. The van der Waals surface area contributed by atoms with Gasteiger partial charge >= 0.3 is 0 Å². The second-order valence-electron chi connectivity index (χ2n) is 6.16. The molecule has 0 radical (unpaired) electrons. The molecule has 1 aliphatic carbocycles. The second-order valence-corrected chi connectivity index (χ2v) is 7.87. The van der Waals surface area contributed by atoms with Gasteiger partial charge in [-0.3, -0.25) is 10.0 Å². The molecule has 1 atom stereocenters. The van der Waals surface area contributed by atoms with Crippen molar-refractivity contribution in [2.75, 3.05) is 6.61 Å². The van der Waals surface area contributed by atoms with Gasteiger partial charge in [0.15, 0.2) is 0 Å². The maximum atomic E-state index is 12.6. The van der Waals surface area contributed by atoms with E-state index in [-0.39, 0.29) is 17.4 Å². The Hall–Kier alpha value is -2.08. The Morgan fingerprint density at radius 2 is 1.92 bits per heavy atom. The van der Waals surface area contributed by atoms with E-state index in [4.69, 9.17) is 9.94 Å². The average molecular weight is 380 g/mol. The van der Waals surface area contributed by atoms with Crippen molar-refractivity contribution in [2.24, 2.45) is 5.92 Å². The van der Waals surface area contributed by atoms with E-state index in [2.05, 4.69) is 16.6 Å². The first-order valence-electron chi connectivity index (χ1n) is 8.56. The first-order valence-corrected chi connectivity index (χ1v) is 10.0. The van der Waals surface area contributed by atoms with Gasteiger partial charge in [0, 0.05) is 0 Å². The molecule has 2 rings (SSSR count). The molecular formula is C18H24N2O5S. The normalized spacial score (nSPS) is 16.2. The van der Waals surface area contributed by atoms with Crippen LogP contribution in [0.15, 0.2) is 29.2 Å². The minimum absolute atomic E-state index is 0.0259. The highest BCUT2D eigenvalue weighted by Crippen LogP contribution is 2.27. The summed E-state index contributed by atoms with van der Waals surface area (Å²) in [7, 11) is -3.91. The minimum Gasteiger partial charge on any atom is -0.481 e. The van der Waals surface area contributed by atoms with Gasteiger partial charge in [-0.25, -0.2) is 13.9 Å². The van der Waals surface area contributed by atoms with Gasteiger partial charge in [-0.15, -0.1) is 5.92 Å². The quantitative estimate of drug-likeness (QED) is 0.380. The van der Waals surface area contributed by atoms with Crippen LogP contribution in [0.1, 0.15) is 39.0 Å². The maximum Gasteiger partial charge on any atom is 0.261 e. The predicted octanol–water partition coefficient (Wildman–Crippen LogP) is 1.82. The van der Waals surface area contributed by atoms with Crippen LogP contribution in [0.2, 0.25) is 0 Å². The lowest BCUT2D eigenvalue weighted by Gasteiger charge is -2.29. The Kier molecular flexibility index (Phi) is 7.45. The molecule has 7 nitrogen and oxygen atoms in total. The third-order valence-corrected chi connectivity index (χ3v) is 5.87. The third-order valence-electron chi connectivity index (χ3n) is 4.42. The molecule has 1 fully saturated rings. The molecule has 1 saturated carbocycles. The highest BCUT2D eigenvalue weighted by atomic mass is 32.2. The predicted molar refractivity (Wildman–Crippen MR) is 96.0 cm³/mol. The summed E-state index contributed by atoms with van der Waals surface area (Å²) >= 11 is 0. The third kappa shape index (κ3) is 5.46. The topological polar surface area (TPSA) is 105 Å². The van der Waals surface area contributed by atoms with Gasteiger partial charge in [-0.2, -0.15) is 4.72 Å². The average Bonchev–Trinajstić information content (AvgIpc) is 2.67. The zero-order valence-corrected chi connectivity index (χ0v) is 15.5. The van der Waals surface area contributed by atoms with Crippen molar-refractivity contribution in [3.63, 3.8) is 0 Å². The molecule has 1 amide bonds. The van der Waals surface area contributed by atoms with Crippen molar-refractivity contribution in [3.05, 3.63) is 24.3 Å². The lowest BCUT2D eigenvalue weighted by Crippen LogP contribution is -2.50. The van der Waals surface area contributed by atoms with Gasteiger partial charge in [-0.05, 0) is 49.9 Å². The molecule has 0 bridgehead atoms. The monoisotopic (exact) mass is 380 g/mol. The molecule has 1 aromatic carbocycles. The molecule has 26 heavy (non-hydrogen) atoms. The van der Waals surface area contributed by atoms with E-state index in [0.29, 0.717) is 5.75 Å². The van der Waals surface area contributed by atoms with E-state index in [9.17, 15) is 13.2 Å². The maximum absolute atomic E-state index is 12.6. The molecule has 1 aromatic rings. The summed E-state index contributed by atoms with van der Waals surface area (Å²) in [6.45, 7) is 1.93. The molecule has 3 N–H and O–H groups in total. The molecule has 142 valence electrons. The summed E-state index contributed by atoms with van der Waals surface area (Å²) < 4.78 is 33.1. The Balaban J connectivity index is 2.13. The molecule has 0 aliphatic heterocycles. The van der Waals surface area contributed by atoms with Crippen molar-refractivity contribution in [2.45, 2.75) is 50.0 Å². The Morgan fingerprint density at radius 3 is 2.50 bits per heavy atom. The lowest BCUT2D eigenvalue weighted by molar-refractivity contribution is -0.132. The number of hydroxylamine groups is 1. The number of rotatable bonds is 7. The molecule has 0 aromatic heterocycles. The number of hydrogen-bond donors (Lipinski definition) is 3. The van der Waals surface area contributed by atoms with Gasteiger partial charge in [0.05, 0.1) is 4.90 Å². The smallest absolute Gasteiger partial charge is 0.261 e. The van der Waals surface area contributed by atoms with Crippen LogP contribution in [0.5, 0.6) is 5.75 Å². The largest absolute Gasteiger partial charge is 0.481 e. The fourth-order valence-electron chi connectivity index (χ4n) is 3.04. The Morgan fingerprint density at radius 1 is 1.27 bits per heavy atom. The highest BCUT2D eigenvalue weighted by molar-refractivity contribution is 7.89. The number of carbonyl (C=O) groups excluding carboxylic acids is 1. The summed E-state index contributed by atoms with van der Waals surface area (Å²) in [5.74, 6) is 5.08. The number of hydrogen-bond acceptors (Lipinski definition) is 5. The summed E-state index contributed by atoms with van der Waals surface area (Å²) in [6.07, 6.45) is 4.43. The van der Waals surface area contributed by atoms with Crippen LogP contribution < -0.4 is 14.9 Å². The van der Waals surface area contributed by atoms with Crippen molar-refractivity contribution < 1.29 is 23.2 Å². The summed E-state index contributed by atoms with van der Waals surface area (Å²) in [4.78, 5) is 12.0. The van der Waals surface area contributed by atoms with E-state index >= 15 is 0 Å². The first kappa shape index (κ1) is 20.2. The van der Waals surface area contributed by atoms with Crippen molar-refractivity contribution >= 4 is 15.9 Å². The van der Waals surface area contributed by atoms with Gasteiger partial charge in [0.2, 0.25) is 10.0 Å². The molecule has 0 saturated heterocycles. The number of nitrogens with one attached hydrogen (secondary N) is 2. The lowest BCUT2D eigenvalue weighted by atomic mass is 9.84. The Labute approximate surface area is 154 Å². The summed E-state index contributed by atoms with van der Waals surface area (Å²) in [5.41, 5.74) is 1.58. The fraction of sp³-hybridized carbons (Fsp3) is 0.500. The van der Waals surface area contributed by atoms with Crippen molar-refractivity contribution in [1.82, 2.24) is 10.2 Å². The van der Waals surface area contributed by atoms with E-state index in [1.807, 2.05) is 0 Å². The standard InChI is InChI=1S/C18H24N2O5S/c1-2-3-13-25-15-9-11-16(12-10-15)26(23,24)20-17(18(21)19-22)14-7-5-4-6-8-14/h9-12,14,17,20,22H,4-8,13H2,1H3,(H,19,21). The van der Waals surface area contributed by atoms with Gasteiger partial charge in [-0.1, -0.05) is 25.2 Å². The molecule has 1 aliphatic rings. The van der Waals surface area contributed by atoms with E-state index < -0.39 is 22.0 Å². The zero-order valence-electron chi connectivity index (χ0n) is 14.7. The minimum atomic E-state index is -3.91. The van der Waals surface area contributed by atoms with Crippen LogP contribution in [0, 0.1) is 17.8 Å². The molecule has 0 spiro atoms. The fourth-order valence-corrected chi connectivity index (χ4v) is 4.31. The molecule has 8 heteroatoms. The molecule has 1 unspecified atom stereocenters. The first-order chi connectivity index (χ1) is 12.5. The Bertz CT molecular complexity index is 759. The van der Waals surface area contributed by atoms with Crippen LogP contribution >= 0.6 is 0 Å².